The largest absolute Gasteiger partial charge is 0.416 e. The number of fused-ring (bicyclic) bond motifs is 1. The van der Waals surface area contributed by atoms with Gasteiger partial charge in [-0.3, -0.25) is 9.80 Å². The molecule has 2 heterocycles. The topological polar surface area (TPSA) is 47.5 Å². The summed E-state index contributed by atoms with van der Waals surface area (Å²) < 4.78 is 40.0. The van der Waals surface area contributed by atoms with Gasteiger partial charge in [-0.25, -0.2) is 9.97 Å². The Kier molecular flexibility index (Phi) is 8.20. The van der Waals surface area contributed by atoms with Crippen molar-refractivity contribution in [3.63, 3.8) is 0 Å². The van der Waals surface area contributed by atoms with Crippen molar-refractivity contribution in [2.24, 2.45) is 0 Å². The molecular formula is C26H33F3N6. The summed E-state index contributed by atoms with van der Waals surface area (Å²) in [5, 5.41) is 4.48. The number of rotatable bonds is 9. The molecule has 9 heteroatoms. The fourth-order valence-corrected chi connectivity index (χ4v) is 4.41. The van der Waals surface area contributed by atoms with Gasteiger partial charge in [0.25, 0.3) is 0 Å². The third-order valence-electron chi connectivity index (χ3n) is 6.27. The number of para-hydroxylation sites is 1. The van der Waals surface area contributed by atoms with Crippen LogP contribution in [0.4, 0.5) is 19.0 Å². The number of benzene rings is 2. The highest BCUT2D eigenvalue weighted by atomic mass is 19.4. The normalized spacial score (nSPS) is 15.7. The molecule has 4 rings (SSSR count). The van der Waals surface area contributed by atoms with Gasteiger partial charge in [0.2, 0.25) is 0 Å². The minimum atomic E-state index is -4.33. The maximum Gasteiger partial charge on any atom is 0.416 e. The SMILES string of the molecule is CN(C)CCCNc1nc(CN2CCN(Cc3ccccc3C(F)(F)F)CC2)nc2ccccc12. The molecule has 0 radical (unpaired) electrons. The lowest BCUT2D eigenvalue weighted by atomic mass is 10.1. The third-order valence-corrected chi connectivity index (χ3v) is 6.27. The van der Waals surface area contributed by atoms with Gasteiger partial charge in [-0.05, 0) is 50.8 Å². The van der Waals surface area contributed by atoms with Crippen LogP contribution < -0.4 is 5.32 Å². The zero-order valence-electron chi connectivity index (χ0n) is 20.4. The fraction of sp³-hybridized carbons (Fsp3) is 0.462. The molecule has 6 nitrogen and oxygen atoms in total. The Morgan fingerprint density at radius 3 is 2.26 bits per heavy atom. The van der Waals surface area contributed by atoms with Crippen molar-refractivity contribution in [1.82, 2.24) is 24.7 Å². The standard InChI is InChI=1S/C26H33F3N6/c1-33(2)13-7-12-30-25-21-9-4-6-11-23(21)31-24(32-25)19-35-16-14-34(15-17-35)18-20-8-3-5-10-22(20)26(27,28)29/h3-6,8-11H,7,12-19H2,1-2H3,(H,30,31,32). The molecule has 0 spiro atoms. The molecule has 1 N–H and O–H groups in total. The lowest BCUT2D eigenvalue weighted by Gasteiger charge is -2.34. The summed E-state index contributed by atoms with van der Waals surface area (Å²) >= 11 is 0. The maximum absolute atomic E-state index is 13.3. The summed E-state index contributed by atoms with van der Waals surface area (Å²) in [6.45, 7) is 5.68. The van der Waals surface area contributed by atoms with Crippen LogP contribution in [0.5, 0.6) is 0 Å². The van der Waals surface area contributed by atoms with Crippen LogP contribution in [0.1, 0.15) is 23.4 Å². The van der Waals surface area contributed by atoms with Gasteiger partial charge in [-0.1, -0.05) is 30.3 Å². The quantitative estimate of drug-likeness (QED) is 0.455. The van der Waals surface area contributed by atoms with Gasteiger partial charge in [0, 0.05) is 44.7 Å². The predicted octanol–water partition coefficient (Wildman–Crippen LogP) is 4.33. The summed E-state index contributed by atoms with van der Waals surface area (Å²) in [5.41, 5.74) is 0.698. The fourth-order valence-electron chi connectivity index (χ4n) is 4.41. The average molecular weight is 487 g/mol. The number of aromatic nitrogens is 2. The Labute approximate surface area is 204 Å². The molecule has 0 aliphatic carbocycles. The Balaban J connectivity index is 1.37. The van der Waals surface area contributed by atoms with Crippen LogP contribution in [0.15, 0.2) is 48.5 Å². The second kappa shape index (κ2) is 11.3. The highest BCUT2D eigenvalue weighted by molar-refractivity contribution is 5.88. The Bertz CT molecular complexity index is 1110. The van der Waals surface area contributed by atoms with Crippen molar-refractivity contribution in [1.29, 1.82) is 0 Å². The molecular weight excluding hydrogens is 453 g/mol. The monoisotopic (exact) mass is 486 g/mol. The van der Waals surface area contributed by atoms with E-state index in [4.69, 9.17) is 9.97 Å². The first kappa shape index (κ1) is 25.3. The van der Waals surface area contributed by atoms with E-state index in [0.29, 0.717) is 31.7 Å². The lowest BCUT2D eigenvalue weighted by Crippen LogP contribution is -2.45. The Hall–Kier alpha value is -2.75. The van der Waals surface area contributed by atoms with Gasteiger partial charge in [0.05, 0.1) is 17.6 Å². The van der Waals surface area contributed by atoms with E-state index >= 15 is 0 Å². The van der Waals surface area contributed by atoms with Crippen LogP contribution in [0.25, 0.3) is 10.9 Å². The van der Waals surface area contributed by atoms with Crippen LogP contribution in [-0.4, -0.2) is 78.0 Å². The van der Waals surface area contributed by atoms with Gasteiger partial charge in [0.15, 0.2) is 0 Å². The van der Waals surface area contributed by atoms with E-state index in [0.717, 1.165) is 61.2 Å². The smallest absolute Gasteiger partial charge is 0.369 e. The summed E-state index contributed by atoms with van der Waals surface area (Å²) in [4.78, 5) is 16.1. The number of anilines is 1. The average Bonchev–Trinajstić information content (AvgIpc) is 2.82. The van der Waals surface area contributed by atoms with Gasteiger partial charge >= 0.3 is 6.18 Å². The number of halogens is 3. The highest BCUT2D eigenvalue weighted by Crippen LogP contribution is 2.32. The first-order chi connectivity index (χ1) is 16.8. The van der Waals surface area contributed by atoms with Crippen LogP contribution >= 0.6 is 0 Å². The summed E-state index contributed by atoms with van der Waals surface area (Å²) in [6, 6.07) is 13.9. The molecule has 188 valence electrons. The van der Waals surface area contributed by atoms with Gasteiger partial charge in [0.1, 0.15) is 11.6 Å². The zero-order valence-corrected chi connectivity index (χ0v) is 20.4. The number of alkyl halides is 3. The minimum Gasteiger partial charge on any atom is -0.369 e. The highest BCUT2D eigenvalue weighted by Gasteiger charge is 2.33. The molecule has 0 atom stereocenters. The van der Waals surface area contributed by atoms with Crippen molar-refractivity contribution in [3.8, 4) is 0 Å². The molecule has 1 saturated heterocycles. The second-order valence-electron chi connectivity index (χ2n) is 9.30. The van der Waals surface area contributed by atoms with Crippen molar-refractivity contribution in [3.05, 3.63) is 65.5 Å². The van der Waals surface area contributed by atoms with Crippen LogP contribution in [0.2, 0.25) is 0 Å². The first-order valence-corrected chi connectivity index (χ1v) is 12.0. The number of nitrogens with zero attached hydrogens (tertiary/aromatic N) is 5. The van der Waals surface area contributed by atoms with Crippen LogP contribution in [-0.2, 0) is 19.3 Å². The number of nitrogens with one attached hydrogen (secondary N) is 1. The molecule has 1 aromatic heterocycles. The Morgan fingerprint density at radius 1 is 0.886 bits per heavy atom. The summed E-state index contributed by atoms with van der Waals surface area (Å²) in [6.07, 6.45) is -3.32. The molecule has 3 aromatic rings. The number of piperazine rings is 1. The van der Waals surface area contributed by atoms with E-state index in [9.17, 15) is 13.2 Å². The van der Waals surface area contributed by atoms with E-state index < -0.39 is 11.7 Å². The lowest BCUT2D eigenvalue weighted by molar-refractivity contribution is -0.138. The van der Waals surface area contributed by atoms with Crippen LogP contribution in [0.3, 0.4) is 0 Å². The molecule has 2 aromatic carbocycles. The molecule has 0 unspecified atom stereocenters. The summed E-state index contributed by atoms with van der Waals surface area (Å²) in [7, 11) is 4.13. The van der Waals surface area contributed by atoms with E-state index in [1.807, 2.05) is 24.3 Å². The third kappa shape index (κ3) is 6.90. The van der Waals surface area contributed by atoms with E-state index in [-0.39, 0.29) is 0 Å². The molecule has 0 amide bonds. The van der Waals surface area contributed by atoms with Crippen molar-refractivity contribution in [2.45, 2.75) is 25.7 Å². The zero-order chi connectivity index (χ0) is 24.8. The molecule has 1 aliphatic rings. The van der Waals surface area contributed by atoms with Gasteiger partial charge in [-0.15, -0.1) is 0 Å². The first-order valence-electron chi connectivity index (χ1n) is 12.0. The predicted molar refractivity (Wildman–Crippen MR) is 133 cm³/mol. The van der Waals surface area contributed by atoms with E-state index in [1.165, 1.54) is 6.07 Å². The van der Waals surface area contributed by atoms with E-state index in [1.54, 1.807) is 12.1 Å². The van der Waals surface area contributed by atoms with Crippen molar-refractivity contribution in [2.75, 3.05) is 58.7 Å². The number of hydrogen-bond acceptors (Lipinski definition) is 6. The molecule has 1 fully saturated rings. The Morgan fingerprint density at radius 2 is 1.54 bits per heavy atom. The van der Waals surface area contributed by atoms with Gasteiger partial charge < -0.3 is 10.2 Å². The maximum atomic E-state index is 13.3. The van der Waals surface area contributed by atoms with Crippen molar-refractivity contribution >= 4 is 16.7 Å². The minimum absolute atomic E-state index is 0.303. The molecule has 35 heavy (non-hydrogen) atoms. The van der Waals surface area contributed by atoms with Gasteiger partial charge in [-0.2, -0.15) is 13.2 Å². The van der Waals surface area contributed by atoms with Crippen molar-refractivity contribution < 1.29 is 13.2 Å². The van der Waals surface area contributed by atoms with Crippen LogP contribution in [0, 0.1) is 0 Å². The molecule has 0 saturated carbocycles. The number of hydrogen-bond donors (Lipinski definition) is 1. The molecule has 1 aliphatic heterocycles. The molecule has 0 bridgehead atoms. The van der Waals surface area contributed by atoms with E-state index in [2.05, 4.69) is 34.1 Å². The second-order valence-corrected chi connectivity index (χ2v) is 9.30. The summed E-state index contributed by atoms with van der Waals surface area (Å²) in [5.74, 6) is 1.61.